The van der Waals surface area contributed by atoms with E-state index in [0.717, 1.165) is 11.5 Å². The molecule has 1 aliphatic rings. The van der Waals surface area contributed by atoms with Gasteiger partial charge in [0.1, 0.15) is 5.82 Å². The summed E-state index contributed by atoms with van der Waals surface area (Å²) in [4.78, 5) is 7.37. The molecule has 1 N–H and O–H groups in total. The molecule has 0 bridgehead atoms. The zero-order valence-electron chi connectivity index (χ0n) is 7.26. The van der Waals surface area contributed by atoms with Crippen molar-refractivity contribution in [3.8, 4) is 0 Å². The Kier molecular flexibility index (Phi) is 1.66. The molecule has 0 atom stereocenters. The molecular formula is C8H12N2O2. The zero-order valence-corrected chi connectivity index (χ0v) is 7.26. The van der Waals surface area contributed by atoms with Gasteiger partial charge in [0.05, 0.1) is 13.2 Å². The first kappa shape index (κ1) is 7.76. The Morgan fingerprint density at radius 2 is 2.42 bits per heavy atom. The number of H-pyrrole nitrogens is 1. The van der Waals surface area contributed by atoms with Crippen LogP contribution >= 0.6 is 0 Å². The van der Waals surface area contributed by atoms with Gasteiger partial charge in [-0.15, -0.1) is 0 Å². The van der Waals surface area contributed by atoms with Gasteiger partial charge in [-0.25, -0.2) is 4.98 Å². The van der Waals surface area contributed by atoms with Crippen LogP contribution in [0.25, 0.3) is 0 Å². The van der Waals surface area contributed by atoms with Crippen LogP contribution in [0.1, 0.15) is 11.5 Å². The Hall–Kier alpha value is -0.870. The van der Waals surface area contributed by atoms with Crippen molar-refractivity contribution >= 4 is 0 Å². The fraction of sp³-hybridized carbons (Fsp3) is 0.625. The number of imidazole rings is 1. The molecule has 1 aromatic rings. The fourth-order valence-corrected chi connectivity index (χ4v) is 1.28. The summed E-state index contributed by atoms with van der Waals surface area (Å²) in [6, 6.07) is 0. The van der Waals surface area contributed by atoms with E-state index < -0.39 is 0 Å². The lowest BCUT2D eigenvalue weighted by Gasteiger charge is -2.38. The number of aromatic nitrogens is 2. The molecule has 0 spiro atoms. The predicted molar refractivity (Wildman–Crippen MR) is 42.8 cm³/mol. The third-order valence-electron chi connectivity index (χ3n) is 2.20. The molecule has 1 fully saturated rings. The van der Waals surface area contributed by atoms with Crippen LogP contribution in [-0.4, -0.2) is 30.3 Å². The Labute approximate surface area is 70.9 Å². The zero-order chi connectivity index (χ0) is 8.60. The molecule has 1 aliphatic heterocycles. The maximum atomic E-state index is 5.35. The highest BCUT2D eigenvalue weighted by molar-refractivity contribution is 5.10. The van der Waals surface area contributed by atoms with E-state index in [-0.39, 0.29) is 5.60 Å². The summed E-state index contributed by atoms with van der Waals surface area (Å²) in [5, 5.41) is 0. The molecular weight excluding hydrogens is 156 g/mol. The summed E-state index contributed by atoms with van der Waals surface area (Å²) >= 11 is 0. The molecule has 4 heteroatoms. The minimum Gasteiger partial charge on any atom is -0.374 e. The van der Waals surface area contributed by atoms with Gasteiger partial charge in [0.15, 0.2) is 5.60 Å². The van der Waals surface area contributed by atoms with Crippen molar-refractivity contribution in [1.29, 1.82) is 0 Å². The average molecular weight is 168 g/mol. The summed E-state index contributed by atoms with van der Waals surface area (Å²) in [7, 11) is 1.68. The highest BCUT2D eigenvalue weighted by atomic mass is 16.6. The Balaban J connectivity index is 2.27. The van der Waals surface area contributed by atoms with Crippen LogP contribution in [0.3, 0.4) is 0 Å². The maximum Gasteiger partial charge on any atom is 0.171 e. The Morgan fingerprint density at radius 1 is 1.67 bits per heavy atom. The second kappa shape index (κ2) is 2.57. The molecule has 1 aromatic heterocycles. The lowest BCUT2D eigenvalue weighted by molar-refractivity contribution is -0.206. The smallest absolute Gasteiger partial charge is 0.171 e. The highest BCUT2D eigenvalue weighted by Gasteiger charge is 2.43. The lowest BCUT2D eigenvalue weighted by Crippen LogP contribution is -2.49. The van der Waals surface area contributed by atoms with Crippen molar-refractivity contribution in [1.82, 2.24) is 9.97 Å². The minimum absolute atomic E-state index is 0.311. The quantitative estimate of drug-likeness (QED) is 0.703. The van der Waals surface area contributed by atoms with Gasteiger partial charge in [0.25, 0.3) is 0 Å². The van der Waals surface area contributed by atoms with Crippen LogP contribution in [-0.2, 0) is 15.1 Å². The van der Waals surface area contributed by atoms with Gasteiger partial charge in [-0.05, 0) is 6.92 Å². The van der Waals surface area contributed by atoms with E-state index in [1.54, 1.807) is 13.3 Å². The van der Waals surface area contributed by atoms with Crippen LogP contribution in [0.15, 0.2) is 6.20 Å². The second-order valence-corrected chi connectivity index (χ2v) is 3.11. The van der Waals surface area contributed by atoms with Gasteiger partial charge in [0.2, 0.25) is 0 Å². The normalized spacial score (nSPS) is 20.5. The van der Waals surface area contributed by atoms with Gasteiger partial charge in [-0.3, -0.25) is 0 Å². The molecule has 0 saturated carbocycles. The number of aromatic amines is 1. The number of hydrogen-bond donors (Lipinski definition) is 1. The Bertz CT molecular complexity index is 273. The van der Waals surface area contributed by atoms with Crippen LogP contribution < -0.4 is 0 Å². The van der Waals surface area contributed by atoms with Gasteiger partial charge < -0.3 is 14.5 Å². The monoisotopic (exact) mass is 168 g/mol. The molecule has 0 aliphatic carbocycles. The molecule has 2 rings (SSSR count). The van der Waals surface area contributed by atoms with Gasteiger partial charge >= 0.3 is 0 Å². The lowest BCUT2D eigenvalue weighted by atomic mass is 10.0. The average Bonchev–Trinajstić information content (AvgIpc) is 2.35. The van der Waals surface area contributed by atoms with Crippen molar-refractivity contribution in [2.45, 2.75) is 12.5 Å². The molecule has 1 saturated heterocycles. The molecule has 0 amide bonds. The molecule has 0 aromatic carbocycles. The van der Waals surface area contributed by atoms with Crippen LogP contribution in [0.2, 0.25) is 0 Å². The van der Waals surface area contributed by atoms with E-state index in [1.165, 1.54) is 0 Å². The molecule has 66 valence electrons. The van der Waals surface area contributed by atoms with E-state index in [4.69, 9.17) is 9.47 Å². The van der Waals surface area contributed by atoms with Crippen LogP contribution in [0.4, 0.5) is 0 Å². The van der Waals surface area contributed by atoms with E-state index in [9.17, 15) is 0 Å². The van der Waals surface area contributed by atoms with Crippen molar-refractivity contribution in [3.63, 3.8) is 0 Å². The van der Waals surface area contributed by atoms with Gasteiger partial charge in [0, 0.05) is 19.0 Å². The first-order chi connectivity index (χ1) is 5.77. The van der Waals surface area contributed by atoms with Crippen molar-refractivity contribution in [3.05, 3.63) is 17.7 Å². The summed E-state index contributed by atoms with van der Waals surface area (Å²) in [6.45, 7) is 3.16. The Morgan fingerprint density at radius 3 is 2.75 bits per heavy atom. The summed E-state index contributed by atoms with van der Waals surface area (Å²) in [5.74, 6) is 0.869. The number of methoxy groups -OCH3 is 1. The number of aryl methyl sites for hydroxylation is 1. The first-order valence-corrected chi connectivity index (χ1v) is 3.92. The largest absolute Gasteiger partial charge is 0.374 e. The highest BCUT2D eigenvalue weighted by Crippen LogP contribution is 2.30. The molecule has 4 nitrogen and oxygen atoms in total. The standard InChI is InChI=1S/C8H12N2O2/c1-6-3-9-7(10-6)8(11-2)4-12-5-8/h3H,4-5H2,1-2H3,(H,9,10). The topological polar surface area (TPSA) is 47.1 Å². The van der Waals surface area contributed by atoms with E-state index in [1.807, 2.05) is 6.92 Å². The number of ether oxygens (including phenoxy) is 2. The third-order valence-corrected chi connectivity index (χ3v) is 2.20. The molecule has 12 heavy (non-hydrogen) atoms. The minimum atomic E-state index is -0.311. The molecule has 0 radical (unpaired) electrons. The maximum absolute atomic E-state index is 5.35. The first-order valence-electron chi connectivity index (χ1n) is 3.92. The summed E-state index contributed by atoms with van der Waals surface area (Å²) < 4.78 is 10.5. The number of rotatable bonds is 2. The van der Waals surface area contributed by atoms with Gasteiger partial charge in [-0.1, -0.05) is 0 Å². The number of hydrogen-bond acceptors (Lipinski definition) is 3. The molecule has 0 unspecified atom stereocenters. The summed E-state index contributed by atoms with van der Waals surface area (Å²) in [5.41, 5.74) is 0.738. The van der Waals surface area contributed by atoms with E-state index >= 15 is 0 Å². The number of nitrogens with one attached hydrogen (secondary N) is 1. The van der Waals surface area contributed by atoms with E-state index in [2.05, 4.69) is 9.97 Å². The molecule has 2 heterocycles. The van der Waals surface area contributed by atoms with Crippen molar-refractivity contribution < 1.29 is 9.47 Å². The van der Waals surface area contributed by atoms with E-state index in [0.29, 0.717) is 13.2 Å². The SMILES string of the molecule is COC1(c2ncc(C)[nH]2)COC1. The van der Waals surface area contributed by atoms with Crippen LogP contribution in [0.5, 0.6) is 0 Å². The van der Waals surface area contributed by atoms with Crippen molar-refractivity contribution in [2.24, 2.45) is 0 Å². The van der Waals surface area contributed by atoms with Crippen molar-refractivity contribution in [2.75, 3.05) is 20.3 Å². The fourth-order valence-electron chi connectivity index (χ4n) is 1.28. The second-order valence-electron chi connectivity index (χ2n) is 3.11. The summed E-state index contributed by atoms with van der Waals surface area (Å²) in [6.07, 6.45) is 1.80. The van der Waals surface area contributed by atoms with Crippen LogP contribution in [0, 0.1) is 6.92 Å². The van der Waals surface area contributed by atoms with Gasteiger partial charge in [-0.2, -0.15) is 0 Å². The predicted octanol–water partition coefficient (Wildman–Crippen LogP) is 0.590. The number of nitrogens with zero attached hydrogens (tertiary/aromatic N) is 1. The third kappa shape index (κ3) is 0.956.